The zero-order valence-electron chi connectivity index (χ0n) is 9.07. The molecule has 1 fully saturated rings. The van der Waals surface area contributed by atoms with Gasteiger partial charge >= 0.3 is 0 Å². The first-order chi connectivity index (χ1) is 7.66. The van der Waals surface area contributed by atoms with Gasteiger partial charge in [0.15, 0.2) is 0 Å². The highest BCUT2D eigenvalue weighted by atomic mass is 31.0. The van der Waals surface area contributed by atoms with Crippen LogP contribution >= 0.6 is 9.24 Å². The lowest BCUT2D eigenvalue weighted by atomic mass is 10.2. The number of amides is 1. The van der Waals surface area contributed by atoms with Crippen LogP contribution < -0.4 is 21.3 Å². The second-order valence-corrected chi connectivity index (χ2v) is 4.53. The van der Waals surface area contributed by atoms with Crippen molar-refractivity contribution >= 4 is 31.8 Å². The predicted octanol–water partition coefficient (Wildman–Crippen LogP) is 0.0955. The van der Waals surface area contributed by atoms with Gasteiger partial charge in [0.1, 0.15) is 0 Å². The molecule has 0 aliphatic carbocycles. The van der Waals surface area contributed by atoms with E-state index in [2.05, 4.69) is 19.5 Å². The SMILES string of the molecule is Nc1ccc(N2CCNC(=O)CC2)c(P)c1. The number of hydrogen-bond acceptors (Lipinski definition) is 3. The van der Waals surface area contributed by atoms with Crippen LogP contribution in [0.25, 0.3) is 0 Å². The van der Waals surface area contributed by atoms with E-state index in [4.69, 9.17) is 5.73 Å². The molecular weight excluding hydrogens is 221 g/mol. The number of anilines is 2. The second kappa shape index (κ2) is 4.71. The molecule has 86 valence electrons. The number of nitrogens with one attached hydrogen (secondary N) is 1. The summed E-state index contributed by atoms with van der Waals surface area (Å²) in [4.78, 5) is 13.4. The summed E-state index contributed by atoms with van der Waals surface area (Å²) in [6.07, 6.45) is 0.550. The Hall–Kier alpha value is -1.28. The van der Waals surface area contributed by atoms with Gasteiger partial charge in [0, 0.05) is 37.4 Å². The highest BCUT2D eigenvalue weighted by molar-refractivity contribution is 7.28. The average Bonchev–Trinajstić information content (AvgIpc) is 2.43. The molecule has 0 radical (unpaired) electrons. The normalized spacial score (nSPS) is 16.8. The maximum Gasteiger partial charge on any atom is 0.221 e. The molecule has 1 aliphatic heterocycles. The molecule has 5 heteroatoms. The van der Waals surface area contributed by atoms with Crippen molar-refractivity contribution in [3.05, 3.63) is 18.2 Å². The number of hydrogen-bond donors (Lipinski definition) is 2. The fraction of sp³-hybridized carbons (Fsp3) is 0.364. The lowest BCUT2D eigenvalue weighted by Crippen LogP contribution is -2.30. The number of benzene rings is 1. The van der Waals surface area contributed by atoms with E-state index < -0.39 is 0 Å². The fourth-order valence-electron chi connectivity index (χ4n) is 1.87. The van der Waals surface area contributed by atoms with Crippen molar-refractivity contribution in [2.24, 2.45) is 0 Å². The van der Waals surface area contributed by atoms with Crippen molar-refractivity contribution in [3.8, 4) is 0 Å². The molecule has 2 rings (SSSR count). The van der Waals surface area contributed by atoms with Crippen LogP contribution in [0.1, 0.15) is 6.42 Å². The third kappa shape index (κ3) is 2.45. The van der Waals surface area contributed by atoms with Gasteiger partial charge in [-0.15, -0.1) is 9.24 Å². The molecule has 1 aliphatic rings. The largest absolute Gasteiger partial charge is 0.399 e. The molecular formula is C11H16N3OP. The Balaban J connectivity index is 2.19. The fourth-order valence-corrected chi connectivity index (χ4v) is 2.34. The van der Waals surface area contributed by atoms with Crippen LogP contribution in [0.4, 0.5) is 11.4 Å². The van der Waals surface area contributed by atoms with E-state index in [0.717, 1.165) is 29.8 Å². The Morgan fingerprint density at radius 3 is 2.94 bits per heavy atom. The van der Waals surface area contributed by atoms with Gasteiger partial charge in [0.25, 0.3) is 0 Å². The van der Waals surface area contributed by atoms with E-state index in [1.807, 2.05) is 18.2 Å². The monoisotopic (exact) mass is 237 g/mol. The van der Waals surface area contributed by atoms with E-state index in [-0.39, 0.29) is 5.91 Å². The molecule has 0 bridgehead atoms. The standard InChI is InChI=1S/C11H16N3OP/c12-8-1-2-9(10(16)7-8)14-5-3-11(15)13-4-6-14/h1-2,7H,3-6,12,16H2,(H,13,15). The molecule has 3 N–H and O–H groups in total. The molecule has 1 aromatic carbocycles. The number of nitrogens with zero attached hydrogens (tertiary/aromatic N) is 1. The molecule has 4 nitrogen and oxygen atoms in total. The third-order valence-corrected chi connectivity index (χ3v) is 3.17. The molecule has 0 aromatic heterocycles. The van der Waals surface area contributed by atoms with Crippen LogP contribution in [0.15, 0.2) is 18.2 Å². The number of carbonyl (C=O) groups excluding carboxylic acids is 1. The van der Waals surface area contributed by atoms with Gasteiger partial charge in [-0.1, -0.05) is 0 Å². The summed E-state index contributed by atoms with van der Waals surface area (Å²) in [5.74, 6) is 0.128. The van der Waals surface area contributed by atoms with Crippen LogP contribution in [-0.4, -0.2) is 25.5 Å². The quantitative estimate of drug-likeness (QED) is 0.538. The Morgan fingerprint density at radius 2 is 2.19 bits per heavy atom. The molecule has 1 amide bonds. The van der Waals surface area contributed by atoms with Crippen LogP contribution in [0.3, 0.4) is 0 Å². The van der Waals surface area contributed by atoms with Crippen molar-refractivity contribution in [3.63, 3.8) is 0 Å². The molecule has 16 heavy (non-hydrogen) atoms. The van der Waals surface area contributed by atoms with Crippen LogP contribution in [0.2, 0.25) is 0 Å². The summed E-state index contributed by atoms with van der Waals surface area (Å²) in [7, 11) is 2.69. The summed E-state index contributed by atoms with van der Waals surface area (Å²) in [5, 5.41) is 3.94. The van der Waals surface area contributed by atoms with Crippen molar-refractivity contribution in [1.82, 2.24) is 5.32 Å². The highest BCUT2D eigenvalue weighted by Crippen LogP contribution is 2.17. The zero-order valence-corrected chi connectivity index (χ0v) is 10.2. The highest BCUT2D eigenvalue weighted by Gasteiger charge is 2.15. The summed E-state index contributed by atoms with van der Waals surface area (Å²) in [6.45, 7) is 2.31. The van der Waals surface area contributed by atoms with Crippen molar-refractivity contribution in [2.45, 2.75) is 6.42 Å². The topological polar surface area (TPSA) is 58.4 Å². The molecule has 0 saturated carbocycles. The predicted molar refractivity (Wildman–Crippen MR) is 70.0 cm³/mol. The Morgan fingerprint density at radius 1 is 1.38 bits per heavy atom. The van der Waals surface area contributed by atoms with E-state index in [1.165, 1.54) is 0 Å². The van der Waals surface area contributed by atoms with Crippen molar-refractivity contribution in [1.29, 1.82) is 0 Å². The number of nitrogens with two attached hydrogens (primary N) is 1. The first kappa shape index (κ1) is 11.2. The summed E-state index contributed by atoms with van der Waals surface area (Å²) in [6, 6.07) is 5.83. The number of rotatable bonds is 1. The summed E-state index contributed by atoms with van der Waals surface area (Å²) >= 11 is 0. The molecule has 1 saturated heterocycles. The van der Waals surface area contributed by atoms with Gasteiger partial charge in [-0.05, 0) is 23.5 Å². The average molecular weight is 237 g/mol. The molecule has 1 aromatic rings. The Bertz CT molecular complexity index is 408. The third-order valence-electron chi connectivity index (χ3n) is 2.70. The van der Waals surface area contributed by atoms with E-state index in [1.54, 1.807) is 0 Å². The van der Waals surface area contributed by atoms with Gasteiger partial charge in [-0.25, -0.2) is 0 Å². The molecule has 1 unspecified atom stereocenters. The van der Waals surface area contributed by atoms with Crippen LogP contribution in [0, 0.1) is 0 Å². The van der Waals surface area contributed by atoms with Gasteiger partial charge in [-0.2, -0.15) is 0 Å². The number of nitrogen functional groups attached to an aromatic ring is 1. The van der Waals surface area contributed by atoms with Gasteiger partial charge < -0.3 is 16.0 Å². The minimum Gasteiger partial charge on any atom is -0.399 e. The maximum atomic E-state index is 11.2. The van der Waals surface area contributed by atoms with E-state index >= 15 is 0 Å². The Kier molecular flexibility index (Phi) is 3.30. The first-order valence-electron chi connectivity index (χ1n) is 5.33. The van der Waals surface area contributed by atoms with E-state index in [9.17, 15) is 4.79 Å². The first-order valence-corrected chi connectivity index (χ1v) is 5.91. The van der Waals surface area contributed by atoms with E-state index in [0.29, 0.717) is 13.0 Å². The minimum absolute atomic E-state index is 0.128. The molecule has 1 atom stereocenters. The molecule has 0 spiro atoms. The summed E-state index contributed by atoms with van der Waals surface area (Å²) < 4.78 is 0. The minimum atomic E-state index is 0.128. The van der Waals surface area contributed by atoms with Crippen molar-refractivity contribution < 1.29 is 4.79 Å². The lowest BCUT2D eigenvalue weighted by Gasteiger charge is -2.23. The summed E-state index contributed by atoms with van der Waals surface area (Å²) in [5.41, 5.74) is 7.61. The van der Waals surface area contributed by atoms with Gasteiger partial charge in [0.05, 0.1) is 0 Å². The van der Waals surface area contributed by atoms with Crippen molar-refractivity contribution in [2.75, 3.05) is 30.3 Å². The maximum absolute atomic E-state index is 11.2. The van der Waals surface area contributed by atoms with Gasteiger partial charge in [0.2, 0.25) is 5.91 Å². The zero-order chi connectivity index (χ0) is 11.5. The molecule has 1 heterocycles. The lowest BCUT2D eigenvalue weighted by molar-refractivity contribution is -0.120. The Labute approximate surface area is 97.4 Å². The van der Waals surface area contributed by atoms with Gasteiger partial charge in [-0.3, -0.25) is 4.79 Å². The van der Waals surface area contributed by atoms with Crippen LogP contribution in [-0.2, 0) is 4.79 Å². The second-order valence-electron chi connectivity index (χ2n) is 3.91. The number of carbonyl (C=O) groups is 1. The smallest absolute Gasteiger partial charge is 0.221 e. The van der Waals surface area contributed by atoms with Crippen LogP contribution in [0.5, 0.6) is 0 Å².